The van der Waals surface area contributed by atoms with Crippen LogP contribution in [0, 0.1) is 0 Å². The van der Waals surface area contributed by atoms with Gasteiger partial charge in [0, 0.05) is 6.20 Å². The Labute approximate surface area is 148 Å². The number of hydrazine groups is 1. The third kappa shape index (κ3) is 2.08. The Bertz CT molecular complexity index is 856. The van der Waals surface area contributed by atoms with Crippen LogP contribution in [0.15, 0.2) is 48.7 Å². The van der Waals surface area contributed by atoms with Crippen LogP contribution in [0.1, 0.15) is 27.6 Å². The standard InChI is InChI=1S/C18H15N3O5/c1-2-26-18(25)19-10-6-5-9-13-14(17(24)21(13)19)20-15(22)11-7-3-4-8-12(11)16(20)23/h3-10,13-14H,2H2,1H3/t13-,14-/m0/s1. The van der Waals surface area contributed by atoms with E-state index in [2.05, 4.69) is 0 Å². The molecule has 1 aromatic rings. The van der Waals surface area contributed by atoms with Crippen LogP contribution in [0.4, 0.5) is 4.79 Å². The predicted molar refractivity (Wildman–Crippen MR) is 88.5 cm³/mol. The summed E-state index contributed by atoms with van der Waals surface area (Å²) in [4.78, 5) is 51.2. The summed E-state index contributed by atoms with van der Waals surface area (Å²) in [7, 11) is 0. The number of hydrogen-bond acceptors (Lipinski definition) is 5. The summed E-state index contributed by atoms with van der Waals surface area (Å²) in [6, 6.07) is 4.83. The Morgan fingerprint density at radius 3 is 2.35 bits per heavy atom. The van der Waals surface area contributed by atoms with Crippen molar-refractivity contribution < 1.29 is 23.9 Å². The number of benzene rings is 1. The van der Waals surface area contributed by atoms with E-state index in [1.54, 1.807) is 49.4 Å². The second-order valence-electron chi connectivity index (χ2n) is 5.91. The Morgan fingerprint density at radius 1 is 1.08 bits per heavy atom. The molecule has 1 aromatic carbocycles. The highest BCUT2D eigenvalue weighted by Crippen LogP contribution is 2.35. The summed E-state index contributed by atoms with van der Waals surface area (Å²) in [5.41, 5.74) is 0.559. The van der Waals surface area contributed by atoms with Crippen LogP contribution < -0.4 is 0 Å². The predicted octanol–water partition coefficient (Wildman–Crippen LogP) is 1.32. The highest BCUT2D eigenvalue weighted by atomic mass is 16.6. The number of imide groups is 1. The SMILES string of the molecule is CCOC(=O)N1C=CC=C[C@H]2[C@H](N3C(=O)c4ccccc4C3=O)C(=O)N21. The number of β-lactam (4-membered cyclic amide) rings is 1. The Balaban J connectivity index is 1.65. The molecule has 132 valence electrons. The van der Waals surface area contributed by atoms with Gasteiger partial charge in [0.15, 0.2) is 0 Å². The molecule has 0 aliphatic carbocycles. The lowest BCUT2D eigenvalue weighted by atomic mass is 9.95. The van der Waals surface area contributed by atoms with Crippen molar-refractivity contribution in [1.29, 1.82) is 0 Å². The average molecular weight is 353 g/mol. The quantitative estimate of drug-likeness (QED) is 0.591. The minimum atomic E-state index is -0.990. The third-order valence-corrected chi connectivity index (χ3v) is 4.52. The maximum absolute atomic E-state index is 12.8. The van der Waals surface area contributed by atoms with E-state index in [0.29, 0.717) is 0 Å². The minimum absolute atomic E-state index is 0.158. The molecule has 0 aromatic heterocycles. The van der Waals surface area contributed by atoms with Crippen LogP contribution >= 0.6 is 0 Å². The van der Waals surface area contributed by atoms with Crippen LogP contribution in [0.25, 0.3) is 0 Å². The number of fused-ring (bicyclic) bond motifs is 2. The average Bonchev–Trinajstić information content (AvgIpc) is 2.79. The number of rotatable bonds is 2. The van der Waals surface area contributed by atoms with Gasteiger partial charge in [0.1, 0.15) is 12.1 Å². The zero-order chi connectivity index (χ0) is 18.4. The second kappa shape index (κ2) is 5.83. The molecule has 0 N–H and O–H groups in total. The molecule has 1 saturated heterocycles. The van der Waals surface area contributed by atoms with E-state index in [1.165, 1.54) is 11.2 Å². The van der Waals surface area contributed by atoms with Crippen molar-refractivity contribution in [3.63, 3.8) is 0 Å². The van der Waals surface area contributed by atoms with E-state index < -0.39 is 35.9 Å². The summed E-state index contributed by atoms with van der Waals surface area (Å²) in [5.74, 6) is -1.53. The molecule has 3 heterocycles. The molecule has 2 atom stereocenters. The van der Waals surface area contributed by atoms with Gasteiger partial charge in [-0.3, -0.25) is 19.3 Å². The maximum atomic E-state index is 12.8. The van der Waals surface area contributed by atoms with E-state index >= 15 is 0 Å². The summed E-state index contributed by atoms with van der Waals surface area (Å²) >= 11 is 0. The fraction of sp³-hybridized carbons (Fsp3) is 0.222. The van der Waals surface area contributed by atoms with Gasteiger partial charge in [-0.05, 0) is 25.1 Å². The molecule has 4 amide bonds. The highest BCUT2D eigenvalue weighted by Gasteiger charge is 2.58. The molecule has 0 saturated carbocycles. The lowest BCUT2D eigenvalue weighted by molar-refractivity contribution is -0.172. The van der Waals surface area contributed by atoms with Crippen molar-refractivity contribution in [3.8, 4) is 0 Å². The zero-order valence-corrected chi connectivity index (χ0v) is 13.9. The van der Waals surface area contributed by atoms with Crippen molar-refractivity contribution >= 4 is 23.8 Å². The fourth-order valence-electron chi connectivity index (χ4n) is 3.36. The zero-order valence-electron chi connectivity index (χ0n) is 13.9. The second-order valence-corrected chi connectivity index (χ2v) is 5.91. The Hall–Kier alpha value is -3.42. The fourth-order valence-corrected chi connectivity index (χ4v) is 3.36. The first kappa shape index (κ1) is 16.1. The van der Waals surface area contributed by atoms with Gasteiger partial charge in [-0.15, -0.1) is 0 Å². The summed E-state index contributed by atoms with van der Waals surface area (Å²) < 4.78 is 4.96. The smallest absolute Gasteiger partial charge is 0.433 e. The van der Waals surface area contributed by atoms with E-state index in [-0.39, 0.29) is 17.7 Å². The number of hydrogen-bond donors (Lipinski definition) is 0. The first-order valence-corrected chi connectivity index (χ1v) is 8.17. The number of nitrogens with zero attached hydrogens (tertiary/aromatic N) is 3. The van der Waals surface area contributed by atoms with Crippen molar-refractivity contribution in [2.45, 2.75) is 19.0 Å². The lowest BCUT2D eigenvalue weighted by Gasteiger charge is -2.50. The molecular formula is C18H15N3O5. The molecule has 4 rings (SSSR count). The third-order valence-electron chi connectivity index (χ3n) is 4.52. The summed E-state index contributed by atoms with van der Waals surface area (Å²) in [6.45, 7) is 1.82. The van der Waals surface area contributed by atoms with Crippen LogP contribution in [0.2, 0.25) is 0 Å². The first-order chi connectivity index (χ1) is 12.6. The van der Waals surface area contributed by atoms with Crippen molar-refractivity contribution in [2.75, 3.05) is 6.61 Å². The topological polar surface area (TPSA) is 87.2 Å². The number of allylic oxidation sites excluding steroid dienone is 2. The number of carbonyl (C=O) groups is 4. The molecule has 3 aliphatic heterocycles. The number of carbonyl (C=O) groups excluding carboxylic acids is 4. The van der Waals surface area contributed by atoms with Gasteiger partial charge in [0.05, 0.1) is 17.7 Å². The minimum Gasteiger partial charge on any atom is -0.448 e. The van der Waals surface area contributed by atoms with Crippen molar-refractivity contribution in [1.82, 2.24) is 14.9 Å². The normalized spacial score (nSPS) is 23.6. The first-order valence-electron chi connectivity index (χ1n) is 8.17. The Morgan fingerprint density at radius 2 is 1.73 bits per heavy atom. The van der Waals surface area contributed by atoms with E-state index in [0.717, 1.165) is 9.91 Å². The van der Waals surface area contributed by atoms with E-state index in [1.807, 2.05) is 0 Å². The molecular weight excluding hydrogens is 338 g/mol. The summed E-state index contributed by atoms with van der Waals surface area (Å²) in [6.07, 6.45) is 5.62. The van der Waals surface area contributed by atoms with Gasteiger partial charge in [-0.2, -0.15) is 5.01 Å². The van der Waals surface area contributed by atoms with Crippen molar-refractivity contribution in [3.05, 3.63) is 59.8 Å². The molecule has 26 heavy (non-hydrogen) atoms. The van der Waals surface area contributed by atoms with E-state index in [4.69, 9.17) is 4.74 Å². The monoisotopic (exact) mass is 353 g/mol. The number of amides is 4. The van der Waals surface area contributed by atoms with Gasteiger partial charge in [-0.1, -0.05) is 24.3 Å². The largest absolute Gasteiger partial charge is 0.448 e. The Kier molecular flexibility index (Phi) is 3.61. The molecule has 8 heteroatoms. The van der Waals surface area contributed by atoms with Gasteiger partial charge >= 0.3 is 6.09 Å². The molecule has 3 aliphatic rings. The number of ether oxygens (including phenoxy) is 1. The van der Waals surface area contributed by atoms with Crippen LogP contribution in [0.3, 0.4) is 0 Å². The van der Waals surface area contributed by atoms with Gasteiger partial charge < -0.3 is 4.74 Å². The summed E-state index contributed by atoms with van der Waals surface area (Å²) in [5, 5.41) is 2.25. The molecule has 0 spiro atoms. The van der Waals surface area contributed by atoms with Crippen molar-refractivity contribution in [2.24, 2.45) is 0 Å². The van der Waals surface area contributed by atoms with E-state index in [9.17, 15) is 19.2 Å². The molecule has 0 bridgehead atoms. The van der Waals surface area contributed by atoms with Gasteiger partial charge in [0.25, 0.3) is 17.7 Å². The van der Waals surface area contributed by atoms with Crippen LogP contribution in [0.5, 0.6) is 0 Å². The van der Waals surface area contributed by atoms with Gasteiger partial charge in [0.2, 0.25) is 0 Å². The molecule has 8 nitrogen and oxygen atoms in total. The molecule has 0 unspecified atom stereocenters. The van der Waals surface area contributed by atoms with Crippen LogP contribution in [-0.4, -0.2) is 57.4 Å². The van der Waals surface area contributed by atoms with Gasteiger partial charge in [-0.25, -0.2) is 9.80 Å². The highest BCUT2D eigenvalue weighted by molar-refractivity contribution is 6.23. The van der Waals surface area contributed by atoms with Crippen LogP contribution in [-0.2, 0) is 9.53 Å². The maximum Gasteiger partial charge on any atom is 0.433 e. The molecule has 1 fully saturated rings. The molecule has 0 radical (unpaired) electrons. The lowest BCUT2D eigenvalue weighted by Crippen LogP contribution is -2.74.